The van der Waals surface area contributed by atoms with E-state index >= 15 is 0 Å². The summed E-state index contributed by atoms with van der Waals surface area (Å²) in [6.07, 6.45) is 0. The first-order valence-electron chi connectivity index (χ1n) is 4.43. The summed E-state index contributed by atoms with van der Waals surface area (Å²) in [7, 11) is 0. The van der Waals surface area contributed by atoms with E-state index in [-0.39, 0.29) is 22.7 Å². The predicted octanol–water partition coefficient (Wildman–Crippen LogP) is 1.69. The number of nitrogens with zero attached hydrogens (tertiary/aromatic N) is 1. The number of rotatable bonds is 2. The zero-order valence-electron chi connectivity index (χ0n) is 8.08. The van der Waals surface area contributed by atoms with Crippen LogP contribution in [0.4, 0.5) is 14.6 Å². The third-order valence-electron chi connectivity index (χ3n) is 2.11. The van der Waals surface area contributed by atoms with Crippen LogP contribution in [0.3, 0.4) is 0 Å². The Morgan fingerprint density at radius 2 is 1.94 bits per heavy atom. The van der Waals surface area contributed by atoms with Crippen LogP contribution in [0.1, 0.15) is 5.56 Å². The van der Waals surface area contributed by atoms with Crippen molar-refractivity contribution in [2.45, 2.75) is 6.61 Å². The van der Waals surface area contributed by atoms with Gasteiger partial charge in [-0.15, -0.1) is 0 Å². The molecule has 0 atom stereocenters. The molecule has 2 rings (SSSR count). The molecular formula is C10H8F2N2O2. The molecule has 1 aromatic carbocycles. The Balaban J connectivity index is 2.59. The van der Waals surface area contributed by atoms with Crippen molar-refractivity contribution in [2.75, 3.05) is 5.73 Å². The van der Waals surface area contributed by atoms with Crippen LogP contribution in [0.2, 0.25) is 0 Å². The van der Waals surface area contributed by atoms with Gasteiger partial charge in [-0.1, -0.05) is 5.16 Å². The van der Waals surface area contributed by atoms with Crippen LogP contribution in [0.25, 0.3) is 11.3 Å². The maximum atomic E-state index is 13.0. The summed E-state index contributed by atoms with van der Waals surface area (Å²) in [4.78, 5) is 0. The van der Waals surface area contributed by atoms with Gasteiger partial charge >= 0.3 is 0 Å². The zero-order valence-corrected chi connectivity index (χ0v) is 8.08. The minimum absolute atomic E-state index is 0.128. The molecule has 0 aliphatic heterocycles. The highest BCUT2D eigenvalue weighted by atomic mass is 19.2. The first-order chi connectivity index (χ1) is 7.61. The largest absolute Gasteiger partial charge is 0.392 e. The first kappa shape index (κ1) is 10.6. The third kappa shape index (κ3) is 1.74. The number of aliphatic hydroxyl groups is 1. The van der Waals surface area contributed by atoms with Crippen molar-refractivity contribution < 1.29 is 18.4 Å². The van der Waals surface area contributed by atoms with Crippen LogP contribution in [0.15, 0.2) is 22.7 Å². The number of benzene rings is 1. The van der Waals surface area contributed by atoms with Gasteiger partial charge in [0.25, 0.3) is 0 Å². The molecule has 1 heterocycles. The van der Waals surface area contributed by atoms with E-state index in [1.165, 1.54) is 6.07 Å². The van der Waals surface area contributed by atoms with Gasteiger partial charge in [0.15, 0.2) is 23.2 Å². The molecule has 3 N–H and O–H groups in total. The highest BCUT2D eigenvalue weighted by Crippen LogP contribution is 2.27. The number of hydrogen-bond donors (Lipinski definition) is 2. The normalized spacial score (nSPS) is 10.7. The molecule has 0 aliphatic rings. The van der Waals surface area contributed by atoms with Gasteiger partial charge in [0.2, 0.25) is 0 Å². The molecule has 84 valence electrons. The lowest BCUT2D eigenvalue weighted by atomic mass is 10.1. The summed E-state index contributed by atoms with van der Waals surface area (Å²) in [6, 6.07) is 3.20. The van der Waals surface area contributed by atoms with Crippen molar-refractivity contribution in [1.29, 1.82) is 0 Å². The number of hydrogen-bond acceptors (Lipinski definition) is 4. The molecule has 16 heavy (non-hydrogen) atoms. The van der Waals surface area contributed by atoms with Crippen molar-refractivity contribution in [2.24, 2.45) is 0 Å². The second-order valence-electron chi connectivity index (χ2n) is 3.20. The standard InChI is InChI=1S/C10H8F2N2O2/c11-7-1-5(4-15)6(2-8(7)12)9-3-10(13)14-16-9/h1-3,15H,4H2,(H2,13,14). The Morgan fingerprint density at radius 3 is 2.50 bits per heavy atom. The van der Waals surface area contributed by atoms with Crippen LogP contribution in [-0.4, -0.2) is 10.3 Å². The van der Waals surface area contributed by atoms with Gasteiger partial charge in [0.05, 0.1) is 6.61 Å². The highest BCUT2D eigenvalue weighted by Gasteiger charge is 2.14. The van der Waals surface area contributed by atoms with Crippen LogP contribution in [0, 0.1) is 11.6 Å². The first-order valence-corrected chi connectivity index (χ1v) is 4.43. The molecule has 1 aromatic heterocycles. The molecule has 4 nitrogen and oxygen atoms in total. The molecule has 0 fully saturated rings. The maximum Gasteiger partial charge on any atom is 0.169 e. The number of halogens is 2. The summed E-state index contributed by atoms with van der Waals surface area (Å²) < 4.78 is 30.8. The molecule has 0 radical (unpaired) electrons. The van der Waals surface area contributed by atoms with Crippen molar-refractivity contribution in [1.82, 2.24) is 5.16 Å². The lowest BCUT2D eigenvalue weighted by Crippen LogP contribution is -1.94. The molecule has 6 heteroatoms. The smallest absolute Gasteiger partial charge is 0.169 e. The summed E-state index contributed by atoms with van der Waals surface area (Å²) in [5.41, 5.74) is 5.77. The van der Waals surface area contributed by atoms with Gasteiger partial charge in [0.1, 0.15) is 0 Å². The second-order valence-corrected chi connectivity index (χ2v) is 3.20. The van der Waals surface area contributed by atoms with Crippen molar-refractivity contribution in [3.63, 3.8) is 0 Å². The lowest BCUT2D eigenvalue weighted by Gasteiger charge is -2.04. The molecule has 0 aliphatic carbocycles. The number of nitrogens with two attached hydrogens (primary N) is 1. The van der Waals surface area contributed by atoms with Crippen molar-refractivity contribution >= 4 is 5.82 Å². The summed E-state index contributed by atoms with van der Waals surface area (Å²) in [5, 5.41) is 12.4. The zero-order chi connectivity index (χ0) is 11.7. The topological polar surface area (TPSA) is 72.3 Å². The second kappa shape index (κ2) is 3.90. The monoisotopic (exact) mass is 226 g/mol. The minimum Gasteiger partial charge on any atom is -0.392 e. The molecule has 0 bridgehead atoms. The molecule has 2 aromatic rings. The van der Waals surface area contributed by atoms with Crippen molar-refractivity contribution in [3.05, 3.63) is 35.4 Å². The average Bonchev–Trinajstić information content (AvgIpc) is 2.68. The van der Waals surface area contributed by atoms with E-state index in [1.54, 1.807) is 0 Å². The van der Waals surface area contributed by atoms with Crippen LogP contribution >= 0.6 is 0 Å². The van der Waals surface area contributed by atoms with E-state index in [2.05, 4.69) is 5.16 Å². The van der Waals surface area contributed by atoms with E-state index in [9.17, 15) is 8.78 Å². The van der Waals surface area contributed by atoms with Gasteiger partial charge in [0, 0.05) is 11.6 Å². The Hall–Kier alpha value is -1.95. The fraction of sp³-hybridized carbons (Fsp3) is 0.100. The Labute approximate surface area is 89.3 Å². The van der Waals surface area contributed by atoms with E-state index in [4.69, 9.17) is 15.4 Å². The SMILES string of the molecule is Nc1cc(-c2cc(F)c(F)cc2CO)on1. The molecular weight excluding hydrogens is 218 g/mol. The van der Waals surface area contributed by atoms with Crippen LogP contribution < -0.4 is 5.73 Å². The molecule has 0 saturated heterocycles. The van der Waals surface area contributed by atoms with Gasteiger partial charge in [-0.25, -0.2) is 8.78 Å². The van der Waals surface area contributed by atoms with E-state index < -0.39 is 18.2 Å². The van der Waals surface area contributed by atoms with Gasteiger partial charge in [-0.05, 0) is 17.7 Å². The summed E-state index contributed by atoms with van der Waals surface area (Å²) in [5.74, 6) is -1.74. The number of aromatic nitrogens is 1. The van der Waals surface area contributed by atoms with E-state index in [0.29, 0.717) is 0 Å². The van der Waals surface area contributed by atoms with Crippen LogP contribution in [0.5, 0.6) is 0 Å². The lowest BCUT2D eigenvalue weighted by molar-refractivity contribution is 0.281. The minimum atomic E-state index is -1.03. The number of anilines is 1. The molecule has 0 saturated carbocycles. The predicted molar refractivity (Wildman–Crippen MR) is 52.2 cm³/mol. The van der Waals surface area contributed by atoms with Crippen LogP contribution in [-0.2, 0) is 6.61 Å². The average molecular weight is 226 g/mol. The Morgan fingerprint density at radius 1 is 1.25 bits per heavy atom. The Bertz CT molecular complexity index is 526. The number of nitrogen functional groups attached to an aromatic ring is 1. The van der Waals surface area contributed by atoms with E-state index in [1.807, 2.05) is 0 Å². The van der Waals surface area contributed by atoms with Gasteiger partial charge in [-0.3, -0.25) is 0 Å². The number of aliphatic hydroxyl groups excluding tert-OH is 1. The third-order valence-corrected chi connectivity index (χ3v) is 2.11. The van der Waals surface area contributed by atoms with E-state index in [0.717, 1.165) is 12.1 Å². The molecule has 0 spiro atoms. The van der Waals surface area contributed by atoms with Gasteiger partial charge < -0.3 is 15.4 Å². The molecule has 0 amide bonds. The maximum absolute atomic E-state index is 13.0. The summed E-state index contributed by atoms with van der Waals surface area (Å²) in [6.45, 7) is -0.437. The fourth-order valence-corrected chi connectivity index (χ4v) is 1.36. The quantitative estimate of drug-likeness (QED) is 0.817. The Kier molecular flexibility index (Phi) is 2.57. The van der Waals surface area contributed by atoms with Gasteiger partial charge in [-0.2, -0.15) is 0 Å². The summed E-state index contributed by atoms with van der Waals surface area (Å²) >= 11 is 0. The highest BCUT2D eigenvalue weighted by molar-refractivity contribution is 5.64. The van der Waals surface area contributed by atoms with Crippen molar-refractivity contribution in [3.8, 4) is 11.3 Å². The fourth-order valence-electron chi connectivity index (χ4n) is 1.36. The molecule has 0 unspecified atom stereocenters.